The van der Waals surface area contributed by atoms with Crippen LogP contribution in [-0.4, -0.2) is 22.8 Å². The van der Waals surface area contributed by atoms with Crippen LogP contribution in [-0.2, 0) is 15.1 Å². The largest absolute Gasteiger partial charge is 0.322 e. The topological polar surface area (TPSA) is 100 Å². The summed E-state index contributed by atoms with van der Waals surface area (Å²) in [6.07, 6.45) is 0.228. The van der Waals surface area contributed by atoms with Gasteiger partial charge in [-0.25, -0.2) is 9.78 Å². The van der Waals surface area contributed by atoms with Crippen molar-refractivity contribution in [3.8, 4) is 0 Å². The number of aromatic nitrogens is 1. The summed E-state index contributed by atoms with van der Waals surface area (Å²) >= 11 is 1.34. The third kappa shape index (κ3) is 3.13. The van der Waals surface area contributed by atoms with Gasteiger partial charge in [-0.05, 0) is 18.9 Å². The molecule has 2 heterocycles. The first-order valence-corrected chi connectivity index (χ1v) is 8.29. The molecule has 1 saturated heterocycles. The summed E-state index contributed by atoms with van der Waals surface area (Å²) < 4.78 is 0. The van der Waals surface area contributed by atoms with Gasteiger partial charge in [0.2, 0.25) is 5.91 Å². The molecule has 1 aromatic carbocycles. The Balaban J connectivity index is 1.75. The van der Waals surface area contributed by atoms with Crippen molar-refractivity contribution in [3.05, 3.63) is 47.0 Å². The molecule has 24 heavy (non-hydrogen) atoms. The number of rotatable bonds is 5. The normalized spacial score (nSPS) is 19.7. The minimum atomic E-state index is -1.23. The third-order valence-corrected chi connectivity index (χ3v) is 4.68. The van der Waals surface area contributed by atoms with E-state index in [4.69, 9.17) is 0 Å². The number of aryl methyl sites for hydroxylation is 1. The molecule has 124 valence electrons. The molecule has 3 rings (SSSR count). The van der Waals surface area contributed by atoms with Crippen molar-refractivity contribution < 1.29 is 14.4 Å². The van der Waals surface area contributed by atoms with Crippen LogP contribution in [0.4, 0.5) is 9.93 Å². The van der Waals surface area contributed by atoms with E-state index in [1.807, 2.05) is 18.4 Å². The monoisotopic (exact) mass is 344 g/mol. The summed E-state index contributed by atoms with van der Waals surface area (Å²) in [6.45, 7) is 1.84. The molecule has 4 amide bonds. The predicted molar refractivity (Wildman–Crippen MR) is 89.5 cm³/mol. The van der Waals surface area contributed by atoms with Crippen LogP contribution in [0.1, 0.15) is 24.1 Å². The smallest absolute Gasteiger partial charge is 0.319 e. The van der Waals surface area contributed by atoms with E-state index in [1.54, 1.807) is 24.3 Å². The van der Waals surface area contributed by atoms with Gasteiger partial charge in [0.1, 0.15) is 5.54 Å². The van der Waals surface area contributed by atoms with E-state index in [1.165, 1.54) is 11.3 Å². The van der Waals surface area contributed by atoms with Crippen molar-refractivity contribution in [1.29, 1.82) is 0 Å². The number of nitrogens with one attached hydrogen (secondary N) is 3. The molecule has 1 fully saturated rings. The molecule has 0 aliphatic carbocycles. The highest BCUT2D eigenvalue weighted by Crippen LogP contribution is 2.30. The van der Waals surface area contributed by atoms with Crippen LogP contribution in [0.25, 0.3) is 0 Å². The first kappa shape index (κ1) is 16.1. The minimum absolute atomic E-state index is 0.0707. The van der Waals surface area contributed by atoms with Crippen molar-refractivity contribution in [3.63, 3.8) is 0 Å². The Morgan fingerprint density at radius 2 is 2.04 bits per heavy atom. The van der Waals surface area contributed by atoms with Gasteiger partial charge in [-0.1, -0.05) is 30.3 Å². The van der Waals surface area contributed by atoms with Crippen LogP contribution in [0.3, 0.4) is 0 Å². The van der Waals surface area contributed by atoms with E-state index < -0.39 is 17.5 Å². The lowest BCUT2D eigenvalue weighted by atomic mass is 9.85. The Bertz CT molecular complexity index is 790. The fourth-order valence-corrected chi connectivity index (χ4v) is 3.34. The molecule has 1 aliphatic heterocycles. The summed E-state index contributed by atoms with van der Waals surface area (Å²) in [5, 5.41) is 9.98. The van der Waals surface area contributed by atoms with Gasteiger partial charge >= 0.3 is 6.03 Å². The zero-order valence-electron chi connectivity index (χ0n) is 13.0. The molecule has 1 atom stereocenters. The van der Waals surface area contributed by atoms with Crippen LogP contribution >= 0.6 is 11.3 Å². The van der Waals surface area contributed by atoms with Crippen LogP contribution in [0.5, 0.6) is 0 Å². The van der Waals surface area contributed by atoms with E-state index in [0.29, 0.717) is 10.7 Å². The maximum atomic E-state index is 12.3. The second kappa shape index (κ2) is 6.40. The van der Waals surface area contributed by atoms with E-state index in [0.717, 1.165) is 5.69 Å². The van der Waals surface area contributed by atoms with E-state index >= 15 is 0 Å². The van der Waals surface area contributed by atoms with E-state index in [2.05, 4.69) is 20.9 Å². The quantitative estimate of drug-likeness (QED) is 0.721. The van der Waals surface area contributed by atoms with Crippen LogP contribution in [0, 0.1) is 6.92 Å². The fraction of sp³-hybridized carbons (Fsp3) is 0.250. The van der Waals surface area contributed by atoms with Crippen molar-refractivity contribution in [2.75, 3.05) is 5.32 Å². The SMILES string of the molecule is Cc1csc(NC(=O)CCC2(c3ccccc3)NC(=O)NC2=O)n1. The number of thiazole rings is 1. The maximum absolute atomic E-state index is 12.3. The number of nitrogens with zero attached hydrogens (tertiary/aromatic N) is 1. The Hall–Kier alpha value is -2.74. The minimum Gasteiger partial charge on any atom is -0.319 e. The Kier molecular flexibility index (Phi) is 4.30. The van der Waals surface area contributed by atoms with E-state index in [9.17, 15) is 14.4 Å². The number of amides is 4. The van der Waals surface area contributed by atoms with Gasteiger partial charge in [-0.3, -0.25) is 14.9 Å². The van der Waals surface area contributed by atoms with Crippen LogP contribution in [0.2, 0.25) is 0 Å². The molecular weight excluding hydrogens is 328 g/mol. The highest BCUT2D eigenvalue weighted by molar-refractivity contribution is 7.13. The molecule has 1 aliphatic rings. The molecule has 3 N–H and O–H groups in total. The predicted octanol–water partition coefficient (Wildman–Crippen LogP) is 1.91. The lowest BCUT2D eigenvalue weighted by Gasteiger charge is -2.26. The molecular formula is C16H16N4O3S. The lowest BCUT2D eigenvalue weighted by Crippen LogP contribution is -2.44. The second-order valence-corrected chi connectivity index (χ2v) is 6.38. The van der Waals surface area contributed by atoms with Gasteiger partial charge in [0.05, 0.1) is 5.69 Å². The Morgan fingerprint density at radius 3 is 2.62 bits per heavy atom. The number of urea groups is 1. The molecule has 0 spiro atoms. The Labute approximate surface area is 142 Å². The van der Waals surface area contributed by atoms with Crippen molar-refractivity contribution in [2.24, 2.45) is 0 Å². The van der Waals surface area contributed by atoms with Crippen LogP contribution in [0.15, 0.2) is 35.7 Å². The lowest BCUT2D eigenvalue weighted by molar-refractivity contribution is -0.125. The zero-order chi connectivity index (χ0) is 17.2. The summed E-state index contributed by atoms with van der Waals surface area (Å²) in [5.41, 5.74) is 0.249. The van der Waals surface area contributed by atoms with Gasteiger partial charge < -0.3 is 10.6 Å². The molecule has 7 nitrogen and oxygen atoms in total. The highest BCUT2D eigenvalue weighted by Gasteiger charge is 2.47. The van der Waals surface area contributed by atoms with Crippen molar-refractivity contribution in [1.82, 2.24) is 15.6 Å². The standard InChI is InChI=1S/C16H16N4O3S/c1-10-9-24-15(17-10)18-12(21)7-8-16(11-5-3-2-4-6-11)13(22)19-14(23)20-16/h2-6,9H,7-8H2,1H3,(H,17,18,21)(H2,19,20,22,23). The third-order valence-electron chi connectivity index (χ3n) is 3.80. The molecule has 0 bridgehead atoms. The first-order valence-electron chi connectivity index (χ1n) is 7.41. The van der Waals surface area contributed by atoms with Crippen LogP contribution < -0.4 is 16.0 Å². The van der Waals surface area contributed by atoms with Gasteiger partial charge in [0, 0.05) is 11.8 Å². The number of carbonyl (C=O) groups is 3. The summed E-state index contributed by atoms with van der Waals surface area (Å²) in [4.78, 5) is 40.3. The van der Waals surface area contributed by atoms with Gasteiger partial charge in [0.15, 0.2) is 5.13 Å². The summed E-state index contributed by atoms with van der Waals surface area (Å²) in [7, 11) is 0. The summed E-state index contributed by atoms with van der Waals surface area (Å²) in [5.74, 6) is -0.704. The zero-order valence-corrected chi connectivity index (χ0v) is 13.8. The Morgan fingerprint density at radius 1 is 1.29 bits per heavy atom. The average molecular weight is 344 g/mol. The molecule has 0 saturated carbocycles. The highest BCUT2D eigenvalue weighted by atomic mass is 32.1. The van der Waals surface area contributed by atoms with Gasteiger partial charge in [0.25, 0.3) is 5.91 Å². The number of hydrogen-bond donors (Lipinski definition) is 3. The maximum Gasteiger partial charge on any atom is 0.322 e. The second-order valence-electron chi connectivity index (χ2n) is 5.52. The molecule has 1 unspecified atom stereocenters. The molecule has 0 radical (unpaired) electrons. The molecule has 2 aromatic rings. The number of hydrogen-bond acceptors (Lipinski definition) is 5. The summed E-state index contributed by atoms with van der Waals surface area (Å²) in [6, 6.07) is 8.35. The number of carbonyl (C=O) groups excluding carboxylic acids is 3. The first-order chi connectivity index (χ1) is 11.5. The number of anilines is 1. The van der Waals surface area contributed by atoms with Crippen molar-refractivity contribution in [2.45, 2.75) is 25.3 Å². The average Bonchev–Trinajstić information content (AvgIpc) is 3.09. The molecule has 1 aromatic heterocycles. The fourth-order valence-electron chi connectivity index (χ4n) is 2.63. The van der Waals surface area contributed by atoms with Crippen molar-refractivity contribution >= 4 is 34.3 Å². The van der Waals surface area contributed by atoms with E-state index in [-0.39, 0.29) is 18.7 Å². The van der Waals surface area contributed by atoms with Gasteiger partial charge in [-0.2, -0.15) is 0 Å². The number of benzene rings is 1. The number of imide groups is 1. The molecule has 8 heteroatoms. The van der Waals surface area contributed by atoms with Gasteiger partial charge in [-0.15, -0.1) is 11.3 Å².